The van der Waals surface area contributed by atoms with E-state index in [0.717, 1.165) is 19.3 Å². The number of rotatable bonds is 5. The molecule has 0 atom stereocenters. The first-order valence-electron chi connectivity index (χ1n) is 5.97. The molecule has 18 heavy (non-hydrogen) atoms. The van der Waals surface area contributed by atoms with Gasteiger partial charge in [0, 0.05) is 12.4 Å². The second-order valence-electron chi connectivity index (χ2n) is 4.21. The molecular formula is C15H15NO2. The molecular weight excluding hydrogens is 226 g/mol. The lowest BCUT2D eigenvalue weighted by Gasteiger charge is -2.02. The number of aromatic carboxylic acids is 1. The van der Waals surface area contributed by atoms with E-state index in [2.05, 4.69) is 4.98 Å². The first kappa shape index (κ1) is 12.3. The van der Waals surface area contributed by atoms with Crippen molar-refractivity contribution in [2.75, 3.05) is 0 Å². The molecule has 0 unspecified atom stereocenters. The van der Waals surface area contributed by atoms with Gasteiger partial charge < -0.3 is 5.11 Å². The van der Waals surface area contributed by atoms with Crippen molar-refractivity contribution in [3.63, 3.8) is 0 Å². The number of carbonyl (C=O) groups is 1. The molecule has 2 aromatic rings. The van der Waals surface area contributed by atoms with Gasteiger partial charge in [-0.3, -0.25) is 4.98 Å². The smallest absolute Gasteiger partial charge is 0.335 e. The maximum Gasteiger partial charge on any atom is 0.335 e. The molecule has 0 fully saturated rings. The number of hydrogen-bond acceptors (Lipinski definition) is 2. The van der Waals surface area contributed by atoms with Crippen molar-refractivity contribution < 1.29 is 9.90 Å². The van der Waals surface area contributed by atoms with Gasteiger partial charge in [-0.15, -0.1) is 0 Å². The van der Waals surface area contributed by atoms with Gasteiger partial charge in [-0.25, -0.2) is 4.79 Å². The van der Waals surface area contributed by atoms with Crippen LogP contribution in [0.15, 0.2) is 48.8 Å². The summed E-state index contributed by atoms with van der Waals surface area (Å²) in [6.07, 6.45) is 6.63. The third-order valence-electron chi connectivity index (χ3n) is 2.88. The minimum absolute atomic E-state index is 0.341. The average Bonchev–Trinajstić information content (AvgIpc) is 2.40. The van der Waals surface area contributed by atoms with Crippen LogP contribution in [0.3, 0.4) is 0 Å². The van der Waals surface area contributed by atoms with Crippen molar-refractivity contribution in [1.29, 1.82) is 0 Å². The number of aromatic nitrogens is 1. The average molecular weight is 241 g/mol. The summed E-state index contributed by atoms with van der Waals surface area (Å²) < 4.78 is 0. The monoisotopic (exact) mass is 241 g/mol. The number of carboxylic acids is 1. The lowest BCUT2D eigenvalue weighted by atomic mass is 10.0. The molecule has 1 heterocycles. The summed E-state index contributed by atoms with van der Waals surface area (Å²) in [5.74, 6) is -0.877. The van der Waals surface area contributed by atoms with Gasteiger partial charge in [-0.05, 0) is 54.7 Å². The SMILES string of the molecule is O=C(O)c1ccc(CCCc2ccncc2)cc1. The molecule has 0 spiro atoms. The van der Waals surface area contributed by atoms with Gasteiger partial charge in [-0.2, -0.15) is 0 Å². The Morgan fingerprint density at radius 3 is 2.06 bits per heavy atom. The number of carboxylic acid groups (broad SMARTS) is 1. The lowest BCUT2D eigenvalue weighted by molar-refractivity contribution is 0.0697. The standard InChI is InChI=1S/C15H15NO2/c17-15(18)14-6-4-12(5-7-14)2-1-3-13-8-10-16-11-9-13/h4-11H,1-3H2,(H,17,18). The molecule has 0 saturated heterocycles. The number of hydrogen-bond donors (Lipinski definition) is 1. The van der Waals surface area contributed by atoms with Crippen LogP contribution in [-0.4, -0.2) is 16.1 Å². The fraction of sp³-hybridized carbons (Fsp3) is 0.200. The maximum atomic E-state index is 10.7. The molecule has 1 N–H and O–H groups in total. The third kappa shape index (κ3) is 3.42. The molecule has 0 amide bonds. The number of pyridine rings is 1. The largest absolute Gasteiger partial charge is 0.478 e. The molecule has 0 saturated carbocycles. The molecule has 2 rings (SSSR count). The molecule has 3 heteroatoms. The summed E-state index contributed by atoms with van der Waals surface area (Å²) in [7, 11) is 0. The van der Waals surface area contributed by atoms with Gasteiger partial charge in [0.1, 0.15) is 0 Å². The predicted molar refractivity (Wildman–Crippen MR) is 69.7 cm³/mol. The van der Waals surface area contributed by atoms with E-state index in [9.17, 15) is 4.79 Å². The highest BCUT2D eigenvalue weighted by molar-refractivity contribution is 5.87. The summed E-state index contributed by atoms with van der Waals surface area (Å²) in [6.45, 7) is 0. The molecule has 0 radical (unpaired) electrons. The fourth-order valence-electron chi connectivity index (χ4n) is 1.86. The summed E-state index contributed by atoms with van der Waals surface area (Å²) in [5.41, 5.74) is 2.80. The summed E-state index contributed by atoms with van der Waals surface area (Å²) >= 11 is 0. The zero-order chi connectivity index (χ0) is 12.8. The van der Waals surface area contributed by atoms with Crippen molar-refractivity contribution in [3.8, 4) is 0 Å². The zero-order valence-corrected chi connectivity index (χ0v) is 10.0. The van der Waals surface area contributed by atoms with Crippen molar-refractivity contribution in [1.82, 2.24) is 4.98 Å². The summed E-state index contributed by atoms with van der Waals surface area (Å²) in [6, 6.07) is 11.1. The van der Waals surface area contributed by atoms with Gasteiger partial charge >= 0.3 is 5.97 Å². The second kappa shape index (κ2) is 5.96. The highest BCUT2D eigenvalue weighted by Gasteiger charge is 2.01. The van der Waals surface area contributed by atoms with E-state index in [0.29, 0.717) is 5.56 Å². The van der Waals surface area contributed by atoms with Crippen molar-refractivity contribution in [3.05, 3.63) is 65.5 Å². The Morgan fingerprint density at radius 1 is 0.944 bits per heavy atom. The Labute approximate surface area is 106 Å². The Hall–Kier alpha value is -2.16. The quantitative estimate of drug-likeness (QED) is 0.875. The maximum absolute atomic E-state index is 10.7. The van der Waals surface area contributed by atoms with Crippen LogP contribution in [0.4, 0.5) is 0 Å². The van der Waals surface area contributed by atoms with Crippen LogP contribution in [0, 0.1) is 0 Å². The van der Waals surface area contributed by atoms with E-state index in [1.807, 2.05) is 24.3 Å². The fourth-order valence-corrected chi connectivity index (χ4v) is 1.86. The van der Waals surface area contributed by atoms with Crippen molar-refractivity contribution >= 4 is 5.97 Å². The second-order valence-corrected chi connectivity index (χ2v) is 4.21. The van der Waals surface area contributed by atoms with E-state index in [4.69, 9.17) is 5.11 Å². The molecule has 0 aliphatic heterocycles. The van der Waals surface area contributed by atoms with Crippen LogP contribution >= 0.6 is 0 Å². The van der Waals surface area contributed by atoms with Crippen molar-refractivity contribution in [2.45, 2.75) is 19.3 Å². The van der Waals surface area contributed by atoms with Crippen LogP contribution < -0.4 is 0 Å². The minimum atomic E-state index is -0.877. The minimum Gasteiger partial charge on any atom is -0.478 e. The molecule has 92 valence electrons. The van der Waals surface area contributed by atoms with E-state index in [1.165, 1.54) is 11.1 Å². The molecule has 0 aliphatic carbocycles. The Bertz CT molecular complexity index is 506. The number of benzene rings is 1. The first-order valence-corrected chi connectivity index (χ1v) is 5.97. The van der Waals surface area contributed by atoms with E-state index >= 15 is 0 Å². The van der Waals surface area contributed by atoms with Gasteiger partial charge in [0.25, 0.3) is 0 Å². The molecule has 0 aliphatic rings. The Balaban J connectivity index is 1.85. The third-order valence-corrected chi connectivity index (χ3v) is 2.88. The van der Waals surface area contributed by atoms with Crippen LogP contribution in [0.2, 0.25) is 0 Å². The van der Waals surface area contributed by atoms with Gasteiger partial charge in [0.05, 0.1) is 5.56 Å². The topological polar surface area (TPSA) is 50.2 Å². The van der Waals surface area contributed by atoms with E-state index in [-0.39, 0.29) is 0 Å². The molecule has 1 aromatic heterocycles. The first-order chi connectivity index (χ1) is 8.75. The van der Waals surface area contributed by atoms with E-state index < -0.39 is 5.97 Å². The van der Waals surface area contributed by atoms with Gasteiger partial charge in [0.2, 0.25) is 0 Å². The highest BCUT2D eigenvalue weighted by atomic mass is 16.4. The number of nitrogens with zero attached hydrogens (tertiary/aromatic N) is 1. The molecule has 3 nitrogen and oxygen atoms in total. The van der Waals surface area contributed by atoms with Crippen LogP contribution in [0.1, 0.15) is 27.9 Å². The molecule has 1 aromatic carbocycles. The zero-order valence-electron chi connectivity index (χ0n) is 10.0. The van der Waals surface area contributed by atoms with Crippen molar-refractivity contribution in [2.24, 2.45) is 0 Å². The lowest BCUT2D eigenvalue weighted by Crippen LogP contribution is -1.96. The van der Waals surface area contributed by atoms with Gasteiger partial charge in [-0.1, -0.05) is 12.1 Å². The normalized spacial score (nSPS) is 10.2. The summed E-state index contributed by atoms with van der Waals surface area (Å²) in [4.78, 5) is 14.7. The van der Waals surface area contributed by atoms with Gasteiger partial charge in [0.15, 0.2) is 0 Å². The predicted octanol–water partition coefficient (Wildman–Crippen LogP) is 2.96. The molecule has 0 bridgehead atoms. The van der Waals surface area contributed by atoms with Crippen LogP contribution in [0.5, 0.6) is 0 Å². The van der Waals surface area contributed by atoms with Crippen LogP contribution in [0.25, 0.3) is 0 Å². The summed E-state index contributed by atoms with van der Waals surface area (Å²) in [5, 5.41) is 8.79. The number of aryl methyl sites for hydroxylation is 2. The van der Waals surface area contributed by atoms with Crippen LogP contribution in [-0.2, 0) is 12.8 Å². The Morgan fingerprint density at radius 2 is 1.50 bits per heavy atom. The Kier molecular flexibility index (Phi) is 4.07. The highest BCUT2D eigenvalue weighted by Crippen LogP contribution is 2.09. The van der Waals surface area contributed by atoms with E-state index in [1.54, 1.807) is 24.5 Å².